The number of rotatable bonds is 6. The van der Waals surface area contributed by atoms with Gasteiger partial charge in [0.05, 0.1) is 6.54 Å². The molecule has 0 aliphatic heterocycles. The van der Waals surface area contributed by atoms with Gasteiger partial charge in [0.1, 0.15) is 13.2 Å². The van der Waals surface area contributed by atoms with E-state index in [4.69, 9.17) is 0 Å². The second kappa shape index (κ2) is 8.10. The van der Waals surface area contributed by atoms with Crippen molar-refractivity contribution in [3.8, 4) is 0 Å². The lowest BCUT2D eigenvalue weighted by Gasteiger charge is -2.05. The maximum Gasteiger partial charge on any atom is 0.508 e. The fraction of sp³-hybridized carbons (Fsp3) is 0.556. The van der Waals surface area contributed by atoms with Crippen molar-refractivity contribution in [3.63, 3.8) is 0 Å². The maximum absolute atomic E-state index is 10.7. The largest absolute Gasteiger partial charge is 0.508 e. The maximum atomic E-state index is 10.7. The monoisotopic (exact) mass is 201 g/mol. The van der Waals surface area contributed by atoms with Crippen LogP contribution < -0.4 is 5.32 Å². The summed E-state index contributed by atoms with van der Waals surface area (Å²) in [6, 6.07) is 0. The minimum Gasteiger partial charge on any atom is -0.432 e. The lowest BCUT2D eigenvalue weighted by molar-refractivity contribution is -0.120. The van der Waals surface area contributed by atoms with Gasteiger partial charge < -0.3 is 14.8 Å². The summed E-state index contributed by atoms with van der Waals surface area (Å²) in [5.41, 5.74) is 0. The molecule has 0 saturated carbocycles. The second-order valence-corrected chi connectivity index (χ2v) is 2.40. The number of amides is 1. The van der Waals surface area contributed by atoms with Crippen LogP contribution in [0.2, 0.25) is 0 Å². The van der Waals surface area contributed by atoms with Crippen LogP contribution in [0.1, 0.15) is 13.3 Å². The molecule has 0 heterocycles. The van der Waals surface area contributed by atoms with Crippen LogP contribution in [0.5, 0.6) is 0 Å². The van der Waals surface area contributed by atoms with Gasteiger partial charge in [0, 0.05) is 6.42 Å². The van der Waals surface area contributed by atoms with Crippen LogP contribution >= 0.6 is 0 Å². The van der Waals surface area contributed by atoms with Crippen molar-refractivity contribution in [2.45, 2.75) is 13.3 Å². The molecule has 1 amide bonds. The fourth-order valence-electron chi connectivity index (χ4n) is 0.618. The number of ether oxygens (including phenoxy) is 2. The minimum absolute atomic E-state index is 0.0759. The molecule has 0 spiro atoms. The summed E-state index contributed by atoms with van der Waals surface area (Å²) in [6.07, 6.45) is 1.11. The Kier molecular flexibility index (Phi) is 7.22. The number of hydrogen-bond acceptors (Lipinski definition) is 4. The molecular weight excluding hydrogens is 186 g/mol. The Labute approximate surface area is 83.1 Å². The smallest absolute Gasteiger partial charge is 0.432 e. The molecule has 0 rings (SSSR count). The average Bonchev–Trinajstić information content (AvgIpc) is 2.21. The van der Waals surface area contributed by atoms with Crippen molar-refractivity contribution in [1.29, 1.82) is 0 Å². The zero-order chi connectivity index (χ0) is 10.8. The second-order valence-electron chi connectivity index (χ2n) is 2.40. The molecule has 5 nitrogen and oxygen atoms in total. The first-order valence-corrected chi connectivity index (χ1v) is 4.37. The number of nitrogens with one attached hydrogen (secondary N) is 1. The van der Waals surface area contributed by atoms with E-state index < -0.39 is 6.16 Å². The van der Waals surface area contributed by atoms with Gasteiger partial charge >= 0.3 is 6.16 Å². The molecule has 14 heavy (non-hydrogen) atoms. The van der Waals surface area contributed by atoms with Gasteiger partial charge in [0.2, 0.25) is 5.91 Å². The normalized spacial score (nSPS) is 8.93. The summed E-state index contributed by atoms with van der Waals surface area (Å²) in [5.74, 6) is -0.0759. The molecule has 0 radical (unpaired) electrons. The van der Waals surface area contributed by atoms with Crippen LogP contribution in [0.25, 0.3) is 0 Å². The van der Waals surface area contributed by atoms with E-state index >= 15 is 0 Å². The van der Waals surface area contributed by atoms with Gasteiger partial charge in [0.25, 0.3) is 0 Å². The van der Waals surface area contributed by atoms with Crippen LogP contribution in [0.4, 0.5) is 4.79 Å². The van der Waals surface area contributed by atoms with Gasteiger partial charge in [-0.1, -0.05) is 19.6 Å². The average molecular weight is 201 g/mol. The zero-order valence-corrected chi connectivity index (χ0v) is 8.25. The Bertz CT molecular complexity index is 203. The highest BCUT2D eigenvalue weighted by atomic mass is 16.7. The van der Waals surface area contributed by atoms with Gasteiger partial charge in [-0.05, 0) is 0 Å². The van der Waals surface area contributed by atoms with E-state index in [-0.39, 0.29) is 19.1 Å². The summed E-state index contributed by atoms with van der Waals surface area (Å²) < 4.78 is 9.15. The minimum atomic E-state index is -0.754. The van der Waals surface area contributed by atoms with Crippen molar-refractivity contribution in [2.24, 2.45) is 0 Å². The Morgan fingerprint density at radius 1 is 1.43 bits per heavy atom. The number of carbonyl (C=O) groups is 2. The summed E-state index contributed by atoms with van der Waals surface area (Å²) in [4.78, 5) is 21.4. The molecule has 0 saturated heterocycles. The quantitative estimate of drug-likeness (QED) is 0.393. The SMILES string of the molecule is C=CCOC(=O)OCCNC(=O)CC. The van der Waals surface area contributed by atoms with E-state index in [9.17, 15) is 9.59 Å². The first-order valence-electron chi connectivity index (χ1n) is 4.37. The van der Waals surface area contributed by atoms with Crippen molar-refractivity contribution < 1.29 is 19.1 Å². The predicted molar refractivity (Wildman–Crippen MR) is 50.8 cm³/mol. The summed E-state index contributed by atoms with van der Waals surface area (Å²) >= 11 is 0. The highest BCUT2D eigenvalue weighted by molar-refractivity contribution is 5.75. The van der Waals surface area contributed by atoms with E-state index in [0.717, 1.165) is 0 Å². The van der Waals surface area contributed by atoms with Gasteiger partial charge in [0.15, 0.2) is 0 Å². The number of carbonyl (C=O) groups excluding carboxylic acids is 2. The van der Waals surface area contributed by atoms with Crippen LogP contribution in [0, 0.1) is 0 Å². The van der Waals surface area contributed by atoms with Crippen molar-refractivity contribution in [1.82, 2.24) is 5.32 Å². The van der Waals surface area contributed by atoms with E-state index in [0.29, 0.717) is 13.0 Å². The molecule has 0 atom stereocenters. The molecule has 0 aromatic heterocycles. The van der Waals surface area contributed by atoms with E-state index in [1.807, 2.05) is 0 Å². The molecule has 0 aliphatic rings. The Morgan fingerprint density at radius 3 is 2.71 bits per heavy atom. The molecule has 1 N–H and O–H groups in total. The predicted octanol–water partition coefficient (Wildman–Crippen LogP) is 0.852. The molecule has 0 aliphatic carbocycles. The third kappa shape index (κ3) is 7.15. The van der Waals surface area contributed by atoms with E-state index in [2.05, 4.69) is 21.4 Å². The number of hydrogen-bond donors (Lipinski definition) is 1. The van der Waals surface area contributed by atoms with Crippen molar-refractivity contribution in [3.05, 3.63) is 12.7 Å². The van der Waals surface area contributed by atoms with Gasteiger partial charge in [-0.3, -0.25) is 4.79 Å². The highest BCUT2D eigenvalue weighted by Gasteiger charge is 2.01. The summed E-state index contributed by atoms with van der Waals surface area (Å²) in [7, 11) is 0. The molecule has 0 unspecified atom stereocenters. The lowest BCUT2D eigenvalue weighted by atomic mass is 10.4. The molecule has 80 valence electrons. The van der Waals surface area contributed by atoms with Crippen LogP contribution in [0.15, 0.2) is 12.7 Å². The Balaban J connectivity index is 3.31. The van der Waals surface area contributed by atoms with Gasteiger partial charge in [-0.15, -0.1) is 0 Å². The topological polar surface area (TPSA) is 64.6 Å². The lowest BCUT2D eigenvalue weighted by Crippen LogP contribution is -2.27. The van der Waals surface area contributed by atoms with E-state index in [1.54, 1.807) is 6.92 Å². The summed E-state index contributed by atoms with van der Waals surface area (Å²) in [5, 5.41) is 2.55. The molecule has 0 bridgehead atoms. The highest BCUT2D eigenvalue weighted by Crippen LogP contribution is 1.85. The van der Waals surface area contributed by atoms with Crippen molar-refractivity contribution >= 4 is 12.1 Å². The Morgan fingerprint density at radius 2 is 2.14 bits per heavy atom. The fourth-order valence-corrected chi connectivity index (χ4v) is 0.618. The van der Waals surface area contributed by atoms with Gasteiger partial charge in [-0.2, -0.15) is 0 Å². The van der Waals surface area contributed by atoms with Gasteiger partial charge in [-0.25, -0.2) is 4.79 Å². The Hall–Kier alpha value is -1.52. The van der Waals surface area contributed by atoms with E-state index in [1.165, 1.54) is 6.08 Å². The molecular formula is C9H15NO4. The molecule has 0 aromatic rings. The zero-order valence-electron chi connectivity index (χ0n) is 8.25. The third-order valence-electron chi connectivity index (χ3n) is 1.28. The van der Waals surface area contributed by atoms with Crippen molar-refractivity contribution in [2.75, 3.05) is 19.8 Å². The summed E-state index contributed by atoms with van der Waals surface area (Å²) in [6.45, 7) is 5.66. The molecule has 0 aromatic carbocycles. The standard InChI is InChI=1S/C9H15NO4/c1-3-6-13-9(12)14-7-5-10-8(11)4-2/h3H,1,4-7H2,2H3,(H,10,11). The van der Waals surface area contributed by atoms with Crippen LogP contribution in [-0.2, 0) is 14.3 Å². The molecule has 5 heteroatoms. The first kappa shape index (κ1) is 12.5. The first-order chi connectivity index (χ1) is 6.70. The third-order valence-corrected chi connectivity index (χ3v) is 1.28. The molecule has 0 fully saturated rings. The van der Waals surface area contributed by atoms with Crippen LogP contribution in [0.3, 0.4) is 0 Å². The van der Waals surface area contributed by atoms with Crippen LogP contribution in [-0.4, -0.2) is 31.8 Å².